The summed E-state index contributed by atoms with van der Waals surface area (Å²) < 4.78 is 12.4. The summed E-state index contributed by atoms with van der Waals surface area (Å²) in [6, 6.07) is 20.7. The second kappa shape index (κ2) is 10.0. The third-order valence-corrected chi connectivity index (χ3v) is 5.31. The Kier molecular flexibility index (Phi) is 6.73. The molecular formula is C27H24N2O5. The number of methoxy groups -OCH3 is 1. The fourth-order valence-corrected chi connectivity index (χ4v) is 3.73. The number of ether oxygens (including phenoxy) is 2. The van der Waals surface area contributed by atoms with E-state index >= 15 is 0 Å². The van der Waals surface area contributed by atoms with E-state index in [0.717, 1.165) is 0 Å². The van der Waals surface area contributed by atoms with Gasteiger partial charge in [0.15, 0.2) is 5.78 Å². The first-order valence-corrected chi connectivity index (χ1v) is 10.8. The lowest BCUT2D eigenvalue weighted by atomic mass is 10.0. The van der Waals surface area contributed by atoms with Crippen LogP contribution in [0.5, 0.6) is 11.5 Å². The van der Waals surface area contributed by atoms with Crippen molar-refractivity contribution in [2.24, 2.45) is 0 Å². The highest BCUT2D eigenvalue weighted by molar-refractivity contribution is 6.10. The van der Waals surface area contributed by atoms with Gasteiger partial charge < -0.3 is 19.4 Å². The lowest BCUT2D eigenvalue weighted by Gasteiger charge is -2.15. The average Bonchev–Trinajstić information content (AvgIpc) is 2.86. The van der Waals surface area contributed by atoms with Crippen LogP contribution in [0.4, 0.5) is 5.69 Å². The number of nitrogens with one attached hydrogen (secondary N) is 1. The van der Waals surface area contributed by atoms with E-state index in [1.54, 1.807) is 84.5 Å². The summed E-state index contributed by atoms with van der Waals surface area (Å²) in [5, 5.41) is 3.14. The minimum absolute atomic E-state index is 0.0125. The van der Waals surface area contributed by atoms with Gasteiger partial charge in [0.1, 0.15) is 18.0 Å². The Morgan fingerprint density at radius 2 is 1.74 bits per heavy atom. The Hall–Kier alpha value is -4.39. The van der Waals surface area contributed by atoms with Gasteiger partial charge in [0.25, 0.3) is 0 Å². The molecule has 0 aliphatic rings. The van der Waals surface area contributed by atoms with Gasteiger partial charge in [0, 0.05) is 23.5 Å². The molecule has 0 saturated heterocycles. The number of hydrogen-bond donors (Lipinski definition) is 1. The van der Waals surface area contributed by atoms with Crippen LogP contribution in [-0.4, -0.2) is 30.0 Å². The van der Waals surface area contributed by atoms with Crippen LogP contribution in [0.15, 0.2) is 83.8 Å². The lowest BCUT2D eigenvalue weighted by Crippen LogP contribution is -2.24. The fraction of sp³-hybridized carbons (Fsp3) is 0.148. The smallest absolute Gasteiger partial charge is 0.244 e. The quantitative estimate of drug-likeness (QED) is 0.400. The van der Waals surface area contributed by atoms with E-state index in [1.807, 2.05) is 6.92 Å². The van der Waals surface area contributed by atoms with Crippen LogP contribution >= 0.6 is 0 Å². The van der Waals surface area contributed by atoms with Crippen LogP contribution < -0.4 is 20.2 Å². The van der Waals surface area contributed by atoms with Gasteiger partial charge in [-0.2, -0.15) is 0 Å². The molecule has 7 heteroatoms. The maximum absolute atomic E-state index is 13.3. The number of amides is 1. The molecule has 4 aromatic rings. The first-order chi connectivity index (χ1) is 16.5. The number of nitrogens with zero attached hydrogens (tertiary/aromatic N) is 1. The summed E-state index contributed by atoms with van der Waals surface area (Å²) in [5.41, 5.74) is 1.08. The first-order valence-electron chi connectivity index (χ1n) is 10.8. The van der Waals surface area contributed by atoms with Crippen molar-refractivity contribution in [1.29, 1.82) is 0 Å². The van der Waals surface area contributed by atoms with Crippen LogP contribution in [-0.2, 0) is 11.3 Å². The number of carbonyl (C=O) groups excluding carboxylic acids is 2. The molecule has 1 aromatic heterocycles. The molecule has 0 bridgehead atoms. The second-order valence-corrected chi connectivity index (χ2v) is 7.59. The number of benzene rings is 3. The number of hydrogen-bond acceptors (Lipinski definition) is 5. The van der Waals surface area contributed by atoms with Crippen LogP contribution in [0.3, 0.4) is 0 Å². The van der Waals surface area contributed by atoms with Crippen molar-refractivity contribution in [3.05, 3.63) is 100 Å². The SMILES string of the molecule is CCOc1ccc2c(c1)c(=O)c(C(=O)c1ccccc1)cn2CC(=O)Nc1cccc(OC)c1. The van der Waals surface area contributed by atoms with E-state index in [4.69, 9.17) is 9.47 Å². The standard InChI is InChI=1S/C27H24N2O5/c1-3-34-21-12-13-24-22(15-21)27(32)23(26(31)18-8-5-4-6-9-18)16-29(24)17-25(30)28-19-10-7-11-20(14-19)33-2/h4-16H,3,17H2,1-2H3,(H,28,30). The van der Waals surface area contributed by atoms with Gasteiger partial charge in [-0.1, -0.05) is 36.4 Å². The summed E-state index contributed by atoms with van der Waals surface area (Å²) in [4.78, 5) is 39.3. The van der Waals surface area contributed by atoms with E-state index in [2.05, 4.69) is 5.32 Å². The molecule has 1 heterocycles. The number of pyridine rings is 1. The zero-order valence-electron chi connectivity index (χ0n) is 18.9. The Morgan fingerprint density at radius 3 is 2.47 bits per heavy atom. The van der Waals surface area contributed by atoms with Crippen molar-refractivity contribution < 1.29 is 19.1 Å². The van der Waals surface area contributed by atoms with Crippen LogP contribution in [0.25, 0.3) is 10.9 Å². The van der Waals surface area contributed by atoms with Crippen molar-refractivity contribution in [3.8, 4) is 11.5 Å². The third kappa shape index (κ3) is 4.83. The predicted molar refractivity (Wildman–Crippen MR) is 131 cm³/mol. The van der Waals surface area contributed by atoms with Gasteiger partial charge in [-0.3, -0.25) is 14.4 Å². The zero-order valence-corrected chi connectivity index (χ0v) is 18.9. The molecule has 172 valence electrons. The molecule has 34 heavy (non-hydrogen) atoms. The summed E-state index contributed by atoms with van der Waals surface area (Å²) in [6.07, 6.45) is 1.45. The molecule has 0 saturated carbocycles. The minimum atomic E-state index is -0.408. The maximum Gasteiger partial charge on any atom is 0.244 e. The van der Waals surface area contributed by atoms with E-state index in [9.17, 15) is 14.4 Å². The molecule has 0 fully saturated rings. The molecule has 4 rings (SSSR count). The van der Waals surface area contributed by atoms with E-state index < -0.39 is 11.2 Å². The van der Waals surface area contributed by atoms with Crippen LogP contribution in [0.1, 0.15) is 22.8 Å². The van der Waals surface area contributed by atoms with Crippen LogP contribution in [0, 0.1) is 0 Å². The number of aromatic nitrogens is 1. The highest BCUT2D eigenvalue weighted by Crippen LogP contribution is 2.21. The molecule has 1 N–H and O–H groups in total. The van der Waals surface area contributed by atoms with Crippen molar-refractivity contribution in [2.45, 2.75) is 13.5 Å². The molecule has 0 radical (unpaired) electrons. The van der Waals surface area contributed by atoms with E-state index in [-0.39, 0.29) is 18.0 Å². The monoisotopic (exact) mass is 456 g/mol. The number of fused-ring (bicyclic) bond motifs is 1. The van der Waals surface area contributed by atoms with Crippen molar-refractivity contribution in [2.75, 3.05) is 19.0 Å². The fourth-order valence-electron chi connectivity index (χ4n) is 3.73. The Labute approximate surface area is 196 Å². The highest BCUT2D eigenvalue weighted by atomic mass is 16.5. The molecule has 3 aromatic carbocycles. The van der Waals surface area contributed by atoms with Crippen molar-refractivity contribution in [1.82, 2.24) is 4.57 Å². The van der Waals surface area contributed by atoms with Gasteiger partial charge in [-0.25, -0.2) is 0 Å². The molecule has 0 atom stereocenters. The molecule has 0 unspecified atom stereocenters. The predicted octanol–water partition coefficient (Wildman–Crippen LogP) is 4.28. The molecular weight excluding hydrogens is 432 g/mol. The Morgan fingerprint density at radius 1 is 0.941 bits per heavy atom. The van der Waals surface area contributed by atoms with Gasteiger partial charge in [0.05, 0.1) is 30.2 Å². The average molecular weight is 456 g/mol. The van der Waals surface area contributed by atoms with Gasteiger partial charge in [-0.15, -0.1) is 0 Å². The summed E-state index contributed by atoms with van der Waals surface area (Å²) >= 11 is 0. The van der Waals surface area contributed by atoms with Crippen molar-refractivity contribution >= 4 is 28.3 Å². The Bertz CT molecular complexity index is 1410. The number of carbonyl (C=O) groups is 2. The van der Waals surface area contributed by atoms with Crippen molar-refractivity contribution in [3.63, 3.8) is 0 Å². The number of anilines is 1. The third-order valence-electron chi connectivity index (χ3n) is 5.31. The molecule has 0 spiro atoms. The topological polar surface area (TPSA) is 86.6 Å². The lowest BCUT2D eigenvalue weighted by molar-refractivity contribution is -0.116. The maximum atomic E-state index is 13.3. The molecule has 0 aliphatic carbocycles. The zero-order chi connectivity index (χ0) is 24.1. The van der Waals surface area contributed by atoms with E-state index in [1.165, 1.54) is 6.20 Å². The minimum Gasteiger partial charge on any atom is -0.497 e. The second-order valence-electron chi connectivity index (χ2n) is 7.59. The van der Waals surface area contributed by atoms with Gasteiger partial charge >= 0.3 is 0 Å². The largest absolute Gasteiger partial charge is 0.497 e. The summed E-state index contributed by atoms with van der Waals surface area (Å²) in [6.45, 7) is 2.18. The van der Waals surface area contributed by atoms with Gasteiger partial charge in [-0.05, 0) is 37.3 Å². The molecule has 1 amide bonds. The first kappa shape index (κ1) is 22.8. The van der Waals surface area contributed by atoms with Gasteiger partial charge in [0.2, 0.25) is 11.3 Å². The number of rotatable bonds is 8. The molecule has 0 aliphatic heterocycles. The van der Waals surface area contributed by atoms with Crippen LogP contribution in [0.2, 0.25) is 0 Å². The van der Waals surface area contributed by atoms with E-state index in [0.29, 0.717) is 40.3 Å². The normalized spacial score (nSPS) is 10.6. The highest BCUT2D eigenvalue weighted by Gasteiger charge is 2.19. The number of ketones is 1. The summed E-state index contributed by atoms with van der Waals surface area (Å²) in [7, 11) is 1.55. The summed E-state index contributed by atoms with van der Waals surface area (Å²) in [5.74, 6) is 0.413. The molecule has 7 nitrogen and oxygen atoms in total. The Balaban J connectivity index is 1.76.